The zero-order valence-electron chi connectivity index (χ0n) is 79.5. The molecule has 0 spiro atoms. The molecule has 0 aliphatic heterocycles. The molecule has 13 aromatic carbocycles. The molecule has 14 nitrogen and oxygen atoms in total. The van der Waals surface area contributed by atoms with Crippen LogP contribution in [0.1, 0.15) is 106 Å². The molecule has 0 N–H and O–H groups in total. The first-order valence-electron chi connectivity index (χ1n) is 46.8. The smallest absolute Gasteiger partial charge is 0.248 e. The number of fused-ring (bicyclic) bond motifs is 18. The Bertz CT molecular complexity index is 7830. The van der Waals surface area contributed by atoms with Crippen LogP contribution in [0.5, 0.6) is 5.75 Å². The van der Waals surface area contributed by atoms with E-state index in [1.165, 1.54) is 104 Å². The van der Waals surface area contributed by atoms with Crippen LogP contribution < -0.4 is 4.74 Å². The fraction of sp³-hybridized carbons (Fsp3) is 0.198. The summed E-state index contributed by atoms with van der Waals surface area (Å²) in [5, 5.41) is 20.4. The molecule has 22 aromatic rings. The Morgan fingerprint density at radius 3 is 1.33 bits per heavy atom. The van der Waals surface area contributed by atoms with Gasteiger partial charge in [0.05, 0.1) is 57.4 Å². The van der Waals surface area contributed by atoms with Gasteiger partial charge < -0.3 is 46.3 Å². The number of hydrogen-bond acceptors (Lipinski definition) is 10. The van der Waals surface area contributed by atoms with Crippen LogP contribution in [0.4, 0.5) is 0 Å². The number of aromatic nitrogens is 9. The number of hydrogen-bond donors (Lipinski definition) is 0. The second kappa shape index (κ2) is 40.1. The number of ether oxygens (including phenoxy) is 4. The Morgan fingerprint density at radius 2 is 0.824 bits per heavy atom. The first-order chi connectivity index (χ1) is 65.8. The molecule has 682 valence electrons. The summed E-state index contributed by atoms with van der Waals surface area (Å²) >= 11 is 0. The molecular weight excluding hydrogens is 1850 g/mol. The Balaban J connectivity index is 0.000000123. The summed E-state index contributed by atoms with van der Waals surface area (Å²) in [7, 11) is 5.31. The van der Waals surface area contributed by atoms with Crippen LogP contribution in [0.25, 0.3) is 177 Å². The van der Waals surface area contributed by atoms with Gasteiger partial charge in [0.15, 0.2) is 0 Å². The van der Waals surface area contributed by atoms with Crippen LogP contribution in [0, 0.1) is 52.8 Å². The van der Waals surface area contributed by atoms with Crippen molar-refractivity contribution in [3.63, 3.8) is 0 Å². The van der Waals surface area contributed by atoms with Crippen molar-refractivity contribution in [2.24, 2.45) is 0 Å². The van der Waals surface area contributed by atoms with Gasteiger partial charge >= 0.3 is 0 Å². The number of pyridine rings is 4. The van der Waals surface area contributed by atoms with Crippen LogP contribution in [-0.2, 0) is 53.5 Å². The monoisotopic (exact) mass is 1960 g/mol. The SMILES string of the molecule is CCC(COc1cc(C)c2c(c1)c1ccc[c-]c1c1nc(-c3cccc(C)n3)cn12)OC.CCC(Cc1ccc(-c2cc(-n3c4ccccc4c4ccccc43)cc(-n3c4ccccc4c4ccccc43)c2)cc1)OC.CCC(Cc1ccc(-c2ccc(-c3nnc(-c4ccc(C(C)(C)C)cc4)o3)cc2)cc1)OC.Cc1cc(C)c2c(c1)c1ccc[c-]c1c1[c-]c(-c3cccc(C)n3)cn12.[Pt]. The first kappa shape index (κ1) is 92.2. The van der Waals surface area contributed by atoms with Gasteiger partial charge in [-0.15, -0.1) is 68.4 Å². The molecule has 9 aromatic heterocycles. The van der Waals surface area contributed by atoms with Gasteiger partial charge in [-0.05, 0) is 236 Å². The molecule has 22 rings (SSSR count). The van der Waals surface area contributed by atoms with E-state index < -0.39 is 0 Å². The van der Waals surface area contributed by atoms with Gasteiger partial charge in [0.2, 0.25) is 11.8 Å². The summed E-state index contributed by atoms with van der Waals surface area (Å²) in [4.78, 5) is 14.3. The van der Waals surface area contributed by atoms with Crippen molar-refractivity contribution >= 4 is 98.1 Å². The van der Waals surface area contributed by atoms with Gasteiger partial charge in [0.25, 0.3) is 0 Å². The van der Waals surface area contributed by atoms with E-state index in [1.54, 1.807) is 21.3 Å². The number of aryl methyl sites for hydroxylation is 5. The summed E-state index contributed by atoms with van der Waals surface area (Å²) in [6.45, 7) is 24.0. The predicted molar refractivity (Wildman–Crippen MR) is 555 cm³/mol. The molecule has 0 saturated carbocycles. The minimum Gasteiger partial charge on any atom is -0.491 e. The van der Waals surface area contributed by atoms with Gasteiger partial charge in [0.1, 0.15) is 12.4 Å². The van der Waals surface area contributed by atoms with E-state index in [9.17, 15) is 0 Å². The summed E-state index contributed by atoms with van der Waals surface area (Å²) in [5.41, 5.74) is 31.3. The molecule has 136 heavy (non-hydrogen) atoms. The van der Waals surface area contributed by atoms with Crippen molar-refractivity contribution in [3.8, 4) is 84.9 Å². The van der Waals surface area contributed by atoms with Gasteiger partial charge in [0, 0.05) is 115 Å². The first-order valence-corrected chi connectivity index (χ1v) is 46.8. The molecule has 0 radical (unpaired) electrons. The van der Waals surface area contributed by atoms with Crippen LogP contribution in [0.3, 0.4) is 0 Å². The Hall–Kier alpha value is -14.2. The fourth-order valence-corrected chi connectivity index (χ4v) is 19.0. The van der Waals surface area contributed by atoms with E-state index in [-0.39, 0.29) is 44.8 Å². The topological polar surface area (TPSA) is 133 Å². The third-order valence-corrected chi connectivity index (χ3v) is 26.2. The number of imidazole rings is 1. The van der Waals surface area contributed by atoms with Crippen molar-refractivity contribution < 1.29 is 44.4 Å². The van der Waals surface area contributed by atoms with Crippen molar-refractivity contribution in [2.45, 2.75) is 132 Å². The van der Waals surface area contributed by atoms with Gasteiger partial charge in [-0.3, -0.25) is 9.97 Å². The van der Waals surface area contributed by atoms with E-state index in [0.29, 0.717) is 18.4 Å². The zero-order valence-corrected chi connectivity index (χ0v) is 81.7. The molecule has 0 amide bonds. The maximum absolute atomic E-state index is 6.12. The number of rotatable bonds is 21. The van der Waals surface area contributed by atoms with Crippen molar-refractivity contribution in [1.82, 2.24) is 43.1 Å². The Labute approximate surface area is 809 Å². The number of para-hydroxylation sites is 4. The van der Waals surface area contributed by atoms with Gasteiger partial charge in [-0.2, -0.15) is 23.6 Å². The van der Waals surface area contributed by atoms with Crippen molar-refractivity contribution in [3.05, 3.63) is 385 Å². The molecular formula is C121H110N9O5Pt-3. The molecule has 0 fully saturated rings. The predicted octanol–water partition coefficient (Wildman–Crippen LogP) is 29.6. The average Bonchev–Trinajstić information content (AvgIpc) is 1.54. The van der Waals surface area contributed by atoms with E-state index in [1.807, 2.05) is 92.7 Å². The molecule has 0 aliphatic carbocycles. The summed E-state index contributed by atoms with van der Waals surface area (Å²) < 4.78 is 38.0. The summed E-state index contributed by atoms with van der Waals surface area (Å²) in [5.74, 6) is 1.90. The van der Waals surface area contributed by atoms with E-state index in [0.717, 1.165) is 144 Å². The second-order valence-corrected chi connectivity index (χ2v) is 36.3. The van der Waals surface area contributed by atoms with Crippen LogP contribution in [-0.4, -0.2) is 89.3 Å². The van der Waals surface area contributed by atoms with Crippen molar-refractivity contribution in [1.29, 1.82) is 0 Å². The molecule has 0 saturated heterocycles. The third-order valence-electron chi connectivity index (χ3n) is 26.2. The molecule has 3 unspecified atom stereocenters. The average molecular weight is 1970 g/mol. The standard InChI is InChI=1S/C41H34N2O.C29H32N2O2.C27H26N3O2.C24H18N2.Pt/c1-3-33(44-2)24-28-20-22-29(23-21-28)30-25-31(42-38-16-8-4-12-34(38)35-13-5-9-17-39(35)42)27-32(26-30)43-40-18-10-6-14-36(40)37-15-7-11-19-41(37)43;1-6-26(32-5)19-20-7-9-21(10-8-20)22-11-13-23(14-12-22)27-30-31-28(33-27)24-15-17-25(18-16-24)29(2,3)4;1-5-19(31-4)16-32-20-13-17(2)26-23(14-20)21-10-6-7-11-22(21)27-29-25(15-30(26)27)24-12-8-9-18(3)28-24;1-15-11-16(2)24-21(12-15)19-8-4-5-9-20(19)23-13-18(14-26(23)24)22-10-6-7-17(3)25-22;/h4-23,25-27,33H,3,24H2,1-2H3;7-18,26H,6,19H2,1-5H3;6-10,12-15,19H,5,16H2,1-4H3;4-8,10-12,14H,1-3H3;/q;;-1;-2;. The minimum atomic E-state index is 0. The Kier molecular flexibility index (Phi) is 27.2. The fourth-order valence-electron chi connectivity index (χ4n) is 19.0. The number of benzene rings is 13. The normalized spacial score (nSPS) is 12.3. The summed E-state index contributed by atoms with van der Waals surface area (Å²) in [6, 6.07) is 120. The van der Waals surface area contributed by atoms with E-state index in [4.69, 9.17) is 28.3 Å². The van der Waals surface area contributed by atoms with Crippen LogP contribution in [0.15, 0.2) is 326 Å². The van der Waals surface area contributed by atoms with Gasteiger partial charge in [-0.25, -0.2) is 0 Å². The van der Waals surface area contributed by atoms with Crippen LogP contribution in [0.2, 0.25) is 0 Å². The quantitative estimate of drug-likeness (QED) is 0.0506. The molecule has 9 heterocycles. The summed E-state index contributed by atoms with van der Waals surface area (Å²) in [6.07, 6.45) is 9.59. The maximum Gasteiger partial charge on any atom is 0.248 e. The number of methoxy groups -OCH3 is 3. The van der Waals surface area contributed by atoms with Crippen LogP contribution >= 0.6 is 0 Å². The molecule has 15 heteroatoms. The van der Waals surface area contributed by atoms with Crippen molar-refractivity contribution in [2.75, 3.05) is 27.9 Å². The van der Waals surface area contributed by atoms with E-state index >= 15 is 0 Å². The largest absolute Gasteiger partial charge is 0.491 e. The third kappa shape index (κ3) is 18.8. The Morgan fingerprint density at radius 1 is 0.382 bits per heavy atom. The van der Waals surface area contributed by atoms with Gasteiger partial charge in [-0.1, -0.05) is 235 Å². The minimum absolute atomic E-state index is 0. The molecule has 0 bridgehead atoms. The number of nitrogens with zero attached hydrogens (tertiary/aromatic N) is 9. The zero-order chi connectivity index (χ0) is 93.1. The molecule has 0 aliphatic rings. The molecule has 3 atom stereocenters. The van der Waals surface area contributed by atoms with E-state index in [2.05, 4.69) is 362 Å². The maximum atomic E-state index is 6.12. The second-order valence-electron chi connectivity index (χ2n) is 36.3.